The number of nitrogens with one attached hydrogen (secondary N) is 1. The van der Waals surface area contributed by atoms with Crippen LogP contribution in [0.5, 0.6) is 11.5 Å². The highest BCUT2D eigenvalue weighted by Gasteiger charge is 2.24. The van der Waals surface area contributed by atoms with E-state index in [0.717, 1.165) is 43.0 Å². The third kappa shape index (κ3) is 7.42. The van der Waals surface area contributed by atoms with Gasteiger partial charge in [-0.3, -0.25) is 14.3 Å². The Morgan fingerprint density at radius 2 is 1.77 bits per heavy atom. The molecule has 0 atom stereocenters. The van der Waals surface area contributed by atoms with Crippen LogP contribution in [0.1, 0.15) is 52.1 Å². The Morgan fingerprint density at radius 1 is 0.955 bits per heavy atom. The van der Waals surface area contributed by atoms with Gasteiger partial charge < -0.3 is 19.7 Å². The summed E-state index contributed by atoms with van der Waals surface area (Å²) in [5.41, 5.74) is 2.70. The maximum absolute atomic E-state index is 13.0. The first-order valence-corrected chi connectivity index (χ1v) is 15.2. The number of carbonyl (C=O) groups is 2. The molecule has 1 saturated carbocycles. The SMILES string of the molecule is COc1cc(OCC2CC2)cc(C(=O)NCC2CCN(c3ccnc(-c4cccc(C(=O)Cc5ccn(C)n5)c4)n3)CC2)c1. The van der Waals surface area contributed by atoms with Crippen LogP contribution < -0.4 is 19.7 Å². The number of nitrogens with zero attached hydrogens (tertiary/aromatic N) is 5. The number of benzene rings is 2. The van der Waals surface area contributed by atoms with Crippen LogP contribution in [0.25, 0.3) is 11.4 Å². The van der Waals surface area contributed by atoms with Gasteiger partial charge in [-0.05, 0) is 67.9 Å². The molecule has 0 unspecified atom stereocenters. The van der Waals surface area contributed by atoms with Crippen LogP contribution in [0.3, 0.4) is 0 Å². The third-order valence-corrected chi connectivity index (χ3v) is 8.24. The van der Waals surface area contributed by atoms with Gasteiger partial charge in [-0.2, -0.15) is 5.10 Å². The van der Waals surface area contributed by atoms with Gasteiger partial charge in [0.1, 0.15) is 17.3 Å². The minimum absolute atomic E-state index is 0.00428. The van der Waals surface area contributed by atoms with Gasteiger partial charge in [-0.25, -0.2) is 9.97 Å². The van der Waals surface area contributed by atoms with E-state index in [0.29, 0.717) is 53.4 Å². The summed E-state index contributed by atoms with van der Waals surface area (Å²) in [6, 6.07) is 16.6. The molecule has 1 amide bonds. The number of carbonyl (C=O) groups excluding carboxylic acids is 2. The number of Topliss-reactive ketones (excluding diaryl/α,β-unsaturated/α-hetero) is 1. The Hall–Kier alpha value is -4.73. The molecule has 0 radical (unpaired) electrons. The fraction of sp³-hybridized carbons (Fsp3) is 0.382. The normalized spacial score (nSPS) is 15.2. The average Bonchev–Trinajstić information content (AvgIpc) is 3.81. The van der Waals surface area contributed by atoms with Crippen LogP contribution in [0.2, 0.25) is 0 Å². The topological polar surface area (TPSA) is 111 Å². The lowest BCUT2D eigenvalue weighted by Crippen LogP contribution is -2.39. The van der Waals surface area contributed by atoms with Crippen molar-refractivity contribution in [2.24, 2.45) is 18.9 Å². The highest BCUT2D eigenvalue weighted by molar-refractivity contribution is 5.98. The number of aromatic nitrogens is 4. The van der Waals surface area contributed by atoms with Crippen LogP contribution in [0.4, 0.5) is 5.82 Å². The lowest BCUT2D eigenvalue weighted by Gasteiger charge is -2.33. The fourth-order valence-corrected chi connectivity index (χ4v) is 5.43. The number of rotatable bonds is 12. The summed E-state index contributed by atoms with van der Waals surface area (Å²) in [6.07, 6.45) is 8.13. The number of ketones is 1. The van der Waals surface area contributed by atoms with E-state index in [1.165, 1.54) is 12.8 Å². The van der Waals surface area contributed by atoms with E-state index in [-0.39, 0.29) is 18.1 Å². The summed E-state index contributed by atoms with van der Waals surface area (Å²) in [4.78, 5) is 37.5. The van der Waals surface area contributed by atoms with Crippen molar-refractivity contribution >= 4 is 17.5 Å². The molecule has 0 spiro atoms. The summed E-state index contributed by atoms with van der Waals surface area (Å²) in [6.45, 7) is 2.95. The monoisotopic (exact) mass is 594 g/mol. The average molecular weight is 595 g/mol. The number of hydrogen-bond donors (Lipinski definition) is 1. The number of piperidine rings is 1. The Labute approximate surface area is 257 Å². The van der Waals surface area contributed by atoms with E-state index in [1.54, 1.807) is 30.1 Å². The molecule has 3 heterocycles. The van der Waals surface area contributed by atoms with Crippen molar-refractivity contribution in [2.75, 3.05) is 38.3 Å². The first-order valence-electron chi connectivity index (χ1n) is 15.2. The molecule has 228 valence electrons. The Balaban J connectivity index is 1.03. The van der Waals surface area contributed by atoms with Gasteiger partial charge >= 0.3 is 0 Å². The van der Waals surface area contributed by atoms with Crippen molar-refractivity contribution in [3.05, 3.63) is 83.8 Å². The van der Waals surface area contributed by atoms with Crippen molar-refractivity contribution in [1.82, 2.24) is 25.1 Å². The van der Waals surface area contributed by atoms with Crippen LogP contribution >= 0.6 is 0 Å². The summed E-state index contributed by atoms with van der Waals surface area (Å²) in [7, 11) is 3.43. The maximum Gasteiger partial charge on any atom is 0.251 e. The lowest BCUT2D eigenvalue weighted by atomic mass is 9.96. The molecule has 10 nitrogen and oxygen atoms in total. The molecule has 2 aromatic heterocycles. The fourth-order valence-electron chi connectivity index (χ4n) is 5.43. The van der Waals surface area contributed by atoms with Gasteiger partial charge in [0, 0.05) is 61.8 Å². The maximum atomic E-state index is 13.0. The van der Waals surface area contributed by atoms with Crippen molar-refractivity contribution in [3.63, 3.8) is 0 Å². The van der Waals surface area contributed by atoms with E-state index in [4.69, 9.17) is 14.5 Å². The van der Waals surface area contributed by atoms with Crippen LogP contribution in [0, 0.1) is 11.8 Å². The molecule has 1 aliphatic heterocycles. The van der Waals surface area contributed by atoms with Crippen molar-refractivity contribution in [1.29, 1.82) is 0 Å². The summed E-state index contributed by atoms with van der Waals surface area (Å²) < 4.78 is 13.0. The number of aryl methyl sites for hydroxylation is 1. The minimum Gasteiger partial charge on any atom is -0.497 e. The largest absolute Gasteiger partial charge is 0.497 e. The molecule has 1 saturated heterocycles. The van der Waals surface area contributed by atoms with Gasteiger partial charge in [-0.1, -0.05) is 18.2 Å². The second-order valence-electron chi connectivity index (χ2n) is 11.7. The summed E-state index contributed by atoms with van der Waals surface area (Å²) >= 11 is 0. The molecule has 2 aromatic carbocycles. The zero-order valence-electron chi connectivity index (χ0n) is 25.2. The minimum atomic E-state index is -0.121. The molecule has 4 aromatic rings. The Bertz CT molecular complexity index is 1620. The quantitative estimate of drug-likeness (QED) is 0.234. The standard InChI is InChI=1S/C34H38N6O4/c1-39-13-11-28(38-39)19-31(41)25-4-3-5-26(16-25)33-35-12-8-32(37-33)40-14-9-23(10-15-40)21-36-34(42)27-17-29(43-2)20-30(18-27)44-22-24-6-7-24/h3-5,8,11-13,16-18,20,23-24H,6-7,9-10,14-15,19,21-22H2,1-2H3,(H,36,42). The number of anilines is 1. The van der Waals surface area contributed by atoms with Gasteiger partial charge in [0.15, 0.2) is 11.6 Å². The summed E-state index contributed by atoms with van der Waals surface area (Å²) in [5, 5.41) is 7.43. The number of methoxy groups -OCH3 is 1. The molecule has 0 bridgehead atoms. The third-order valence-electron chi connectivity index (χ3n) is 8.24. The smallest absolute Gasteiger partial charge is 0.251 e. The van der Waals surface area contributed by atoms with E-state index in [9.17, 15) is 9.59 Å². The Kier molecular flexibility index (Phi) is 8.86. The second-order valence-corrected chi connectivity index (χ2v) is 11.7. The highest BCUT2D eigenvalue weighted by atomic mass is 16.5. The van der Waals surface area contributed by atoms with Gasteiger partial charge in [0.25, 0.3) is 5.91 Å². The molecule has 1 N–H and O–H groups in total. The molecular formula is C34H38N6O4. The van der Waals surface area contributed by atoms with Gasteiger partial charge in [0.2, 0.25) is 0 Å². The molecule has 1 aliphatic carbocycles. The molecule has 44 heavy (non-hydrogen) atoms. The number of hydrogen-bond acceptors (Lipinski definition) is 8. The van der Waals surface area contributed by atoms with Crippen LogP contribution in [0.15, 0.2) is 67.0 Å². The number of amides is 1. The van der Waals surface area contributed by atoms with Crippen LogP contribution in [-0.4, -0.2) is 64.8 Å². The molecule has 2 aliphatic rings. The van der Waals surface area contributed by atoms with E-state index >= 15 is 0 Å². The zero-order valence-corrected chi connectivity index (χ0v) is 25.2. The van der Waals surface area contributed by atoms with Crippen molar-refractivity contribution in [3.8, 4) is 22.9 Å². The van der Waals surface area contributed by atoms with Crippen molar-refractivity contribution < 1.29 is 19.1 Å². The van der Waals surface area contributed by atoms with Gasteiger partial charge in [0.05, 0.1) is 25.8 Å². The molecular weight excluding hydrogens is 556 g/mol. The van der Waals surface area contributed by atoms with E-state index in [2.05, 4.69) is 20.3 Å². The molecule has 6 rings (SSSR count). The van der Waals surface area contributed by atoms with Gasteiger partial charge in [-0.15, -0.1) is 0 Å². The first-order chi connectivity index (χ1) is 21.4. The molecule has 2 fully saturated rings. The highest BCUT2D eigenvalue weighted by Crippen LogP contribution is 2.31. The van der Waals surface area contributed by atoms with E-state index in [1.807, 2.05) is 55.7 Å². The predicted molar refractivity (Wildman–Crippen MR) is 167 cm³/mol. The summed E-state index contributed by atoms with van der Waals surface area (Å²) in [5.74, 6) is 3.61. The Morgan fingerprint density at radius 3 is 2.52 bits per heavy atom. The lowest BCUT2D eigenvalue weighted by molar-refractivity contribution is 0.0942. The van der Waals surface area contributed by atoms with Crippen molar-refractivity contribution in [2.45, 2.75) is 32.1 Å². The number of ether oxygens (including phenoxy) is 2. The first kappa shape index (κ1) is 29.3. The molecule has 10 heteroatoms. The second kappa shape index (κ2) is 13.3. The predicted octanol–water partition coefficient (Wildman–Crippen LogP) is 4.75. The van der Waals surface area contributed by atoms with Crippen LogP contribution in [-0.2, 0) is 13.5 Å². The zero-order chi connectivity index (χ0) is 30.5. The van der Waals surface area contributed by atoms with E-state index < -0.39 is 0 Å².